The van der Waals surface area contributed by atoms with E-state index in [1.165, 1.54) is 0 Å². The van der Waals surface area contributed by atoms with Gasteiger partial charge in [-0.05, 0) is 30.9 Å². The third kappa shape index (κ3) is 2.05. The zero-order chi connectivity index (χ0) is 12.5. The van der Waals surface area contributed by atoms with Gasteiger partial charge >= 0.3 is 5.97 Å². The monoisotopic (exact) mass is 232 g/mol. The molecular weight excluding hydrogens is 216 g/mol. The molecule has 1 aliphatic carbocycles. The van der Waals surface area contributed by atoms with E-state index in [-0.39, 0.29) is 0 Å². The molecule has 2 rings (SSSR count). The largest absolute Gasteiger partial charge is 0.481 e. The van der Waals surface area contributed by atoms with Crippen LogP contribution < -0.4 is 0 Å². The summed E-state index contributed by atoms with van der Waals surface area (Å²) in [6.45, 7) is 7.00. The van der Waals surface area contributed by atoms with Gasteiger partial charge in [-0.3, -0.25) is 4.79 Å². The van der Waals surface area contributed by atoms with Crippen LogP contribution in [-0.4, -0.2) is 15.6 Å². The molecule has 0 spiro atoms. The van der Waals surface area contributed by atoms with Crippen molar-refractivity contribution in [2.24, 2.45) is 12.5 Å². The van der Waals surface area contributed by atoms with Crippen LogP contribution in [0.25, 0.3) is 4.85 Å². The SMILES string of the molecule is [C-]#[N+]c1cc(CC2(C(=O)O)CCCC2)cn1C. The third-order valence-corrected chi connectivity index (χ3v) is 3.71. The van der Waals surface area contributed by atoms with E-state index in [1.54, 1.807) is 10.6 Å². The summed E-state index contributed by atoms with van der Waals surface area (Å²) in [6.07, 6.45) is 5.92. The lowest BCUT2D eigenvalue weighted by Gasteiger charge is -2.22. The molecule has 0 saturated heterocycles. The van der Waals surface area contributed by atoms with Gasteiger partial charge < -0.3 is 14.5 Å². The second kappa shape index (κ2) is 4.25. The first kappa shape index (κ1) is 11.7. The molecule has 1 heterocycles. The molecule has 0 aliphatic heterocycles. The number of aryl methyl sites for hydroxylation is 1. The maximum Gasteiger partial charge on any atom is 0.309 e. The molecule has 90 valence electrons. The van der Waals surface area contributed by atoms with Crippen molar-refractivity contribution < 1.29 is 9.90 Å². The zero-order valence-corrected chi connectivity index (χ0v) is 9.94. The number of carboxylic acids is 1. The maximum absolute atomic E-state index is 11.4. The van der Waals surface area contributed by atoms with Crippen LogP contribution in [-0.2, 0) is 18.3 Å². The zero-order valence-electron chi connectivity index (χ0n) is 9.94. The van der Waals surface area contributed by atoms with Gasteiger partial charge in [0, 0.05) is 0 Å². The molecule has 17 heavy (non-hydrogen) atoms. The molecule has 0 amide bonds. The Labute approximate surface area is 101 Å². The first-order chi connectivity index (χ1) is 8.07. The highest BCUT2D eigenvalue weighted by Crippen LogP contribution is 2.41. The fraction of sp³-hybridized carbons (Fsp3) is 0.538. The smallest absolute Gasteiger partial charge is 0.309 e. The molecule has 0 aromatic carbocycles. The van der Waals surface area contributed by atoms with E-state index >= 15 is 0 Å². The molecule has 1 fully saturated rings. The predicted octanol–water partition coefficient (Wildman–Crippen LogP) is 2.76. The second-order valence-corrected chi connectivity index (χ2v) is 4.90. The topological polar surface area (TPSA) is 46.6 Å². The lowest BCUT2D eigenvalue weighted by Crippen LogP contribution is -2.30. The van der Waals surface area contributed by atoms with E-state index in [1.807, 2.05) is 13.2 Å². The minimum Gasteiger partial charge on any atom is -0.481 e. The molecule has 4 heteroatoms. The number of aliphatic carboxylic acids is 1. The molecule has 0 radical (unpaired) electrons. The highest BCUT2D eigenvalue weighted by molar-refractivity contribution is 5.75. The summed E-state index contributed by atoms with van der Waals surface area (Å²) in [5.41, 5.74) is 0.364. The van der Waals surface area contributed by atoms with Gasteiger partial charge in [0.05, 0.1) is 18.7 Å². The summed E-state index contributed by atoms with van der Waals surface area (Å²) in [7, 11) is 1.82. The molecule has 1 N–H and O–H groups in total. The van der Waals surface area contributed by atoms with Crippen molar-refractivity contribution in [1.82, 2.24) is 4.57 Å². The van der Waals surface area contributed by atoms with Crippen molar-refractivity contribution in [2.75, 3.05) is 0 Å². The van der Waals surface area contributed by atoms with Crippen LogP contribution >= 0.6 is 0 Å². The van der Waals surface area contributed by atoms with Crippen LogP contribution in [0.15, 0.2) is 12.3 Å². The number of carbonyl (C=O) groups is 1. The van der Waals surface area contributed by atoms with Crippen LogP contribution in [0, 0.1) is 12.0 Å². The molecule has 4 nitrogen and oxygen atoms in total. The van der Waals surface area contributed by atoms with Gasteiger partial charge in [0.25, 0.3) is 0 Å². The van der Waals surface area contributed by atoms with Crippen molar-refractivity contribution in [1.29, 1.82) is 0 Å². The lowest BCUT2D eigenvalue weighted by molar-refractivity contribution is -0.148. The Hall–Kier alpha value is -1.76. The summed E-state index contributed by atoms with van der Waals surface area (Å²) in [6, 6.07) is 1.80. The molecule has 1 saturated carbocycles. The Morgan fingerprint density at radius 3 is 2.71 bits per heavy atom. The van der Waals surface area contributed by atoms with Gasteiger partial charge in [0.1, 0.15) is 0 Å². The molecule has 0 unspecified atom stereocenters. The first-order valence-corrected chi connectivity index (χ1v) is 5.83. The quantitative estimate of drug-likeness (QED) is 0.814. The van der Waals surface area contributed by atoms with Crippen molar-refractivity contribution in [3.05, 3.63) is 29.2 Å². The standard InChI is InChI=1S/C13H16N2O2/c1-14-11-7-10(9-15(11)2)8-13(12(16)17)5-3-4-6-13/h7,9H,3-6,8H2,2H3,(H,16,17). The Bertz CT molecular complexity index is 476. The van der Waals surface area contributed by atoms with E-state index < -0.39 is 11.4 Å². The van der Waals surface area contributed by atoms with Crippen LogP contribution in [0.5, 0.6) is 0 Å². The number of hydrogen-bond donors (Lipinski definition) is 1. The highest BCUT2D eigenvalue weighted by atomic mass is 16.4. The van der Waals surface area contributed by atoms with Gasteiger partial charge in [-0.15, -0.1) is 0 Å². The Kier molecular flexibility index (Phi) is 2.93. The number of rotatable bonds is 3. The van der Waals surface area contributed by atoms with Crippen LogP contribution in [0.4, 0.5) is 5.82 Å². The van der Waals surface area contributed by atoms with Gasteiger partial charge in [0.2, 0.25) is 5.82 Å². The average Bonchev–Trinajstić information content (AvgIpc) is 2.87. The second-order valence-electron chi connectivity index (χ2n) is 4.90. The summed E-state index contributed by atoms with van der Waals surface area (Å²) in [4.78, 5) is 14.8. The summed E-state index contributed by atoms with van der Waals surface area (Å²) in [5, 5.41) is 9.39. The molecular formula is C13H16N2O2. The minimum atomic E-state index is -0.691. The van der Waals surface area contributed by atoms with Crippen LogP contribution in [0.3, 0.4) is 0 Å². The Balaban J connectivity index is 2.24. The fourth-order valence-corrected chi connectivity index (χ4v) is 2.74. The van der Waals surface area contributed by atoms with Crippen molar-refractivity contribution in [3.8, 4) is 0 Å². The first-order valence-electron chi connectivity index (χ1n) is 5.83. The Morgan fingerprint density at radius 1 is 1.59 bits per heavy atom. The normalized spacial score (nSPS) is 17.9. The number of carboxylic acid groups (broad SMARTS) is 1. The Morgan fingerprint density at radius 2 is 2.24 bits per heavy atom. The molecule has 1 aliphatic rings. The molecule has 0 atom stereocenters. The van der Waals surface area contributed by atoms with E-state index in [2.05, 4.69) is 4.85 Å². The fourth-order valence-electron chi connectivity index (χ4n) is 2.74. The van der Waals surface area contributed by atoms with Gasteiger partial charge in [-0.1, -0.05) is 19.4 Å². The lowest BCUT2D eigenvalue weighted by atomic mass is 9.81. The van der Waals surface area contributed by atoms with Crippen molar-refractivity contribution in [2.45, 2.75) is 32.1 Å². The van der Waals surface area contributed by atoms with Gasteiger partial charge in [-0.2, -0.15) is 0 Å². The van der Waals surface area contributed by atoms with Gasteiger partial charge in [0.15, 0.2) is 0 Å². The average molecular weight is 232 g/mol. The van der Waals surface area contributed by atoms with Crippen molar-refractivity contribution in [3.63, 3.8) is 0 Å². The molecule has 0 bridgehead atoms. The minimum absolute atomic E-state index is 0.547. The van der Waals surface area contributed by atoms with Gasteiger partial charge in [-0.25, -0.2) is 0 Å². The van der Waals surface area contributed by atoms with E-state index in [4.69, 9.17) is 6.57 Å². The predicted molar refractivity (Wildman–Crippen MR) is 63.9 cm³/mol. The number of aromatic nitrogens is 1. The summed E-state index contributed by atoms with van der Waals surface area (Å²) in [5.74, 6) is -0.123. The summed E-state index contributed by atoms with van der Waals surface area (Å²) >= 11 is 0. The number of nitrogens with zero attached hydrogens (tertiary/aromatic N) is 2. The highest BCUT2D eigenvalue weighted by Gasteiger charge is 2.41. The van der Waals surface area contributed by atoms with E-state index in [0.29, 0.717) is 12.2 Å². The van der Waals surface area contributed by atoms with Crippen LogP contribution in [0.2, 0.25) is 0 Å². The molecule has 1 aromatic rings. The summed E-state index contributed by atoms with van der Waals surface area (Å²) < 4.78 is 1.76. The molecule has 1 aromatic heterocycles. The third-order valence-electron chi connectivity index (χ3n) is 3.71. The van der Waals surface area contributed by atoms with E-state index in [9.17, 15) is 9.90 Å². The van der Waals surface area contributed by atoms with Crippen molar-refractivity contribution >= 4 is 11.8 Å². The maximum atomic E-state index is 11.4. The van der Waals surface area contributed by atoms with Crippen LogP contribution in [0.1, 0.15) is 31.2 Å². The van der Waals surface area contributed by atoms with E-state index in [0.717, 1.165) is 31.2 Å². The number of hydrogen-bond acceptors (Lipinski definition) is 1.